The summed E-state index contributed by atoms with van der Waals surface area (Å²) in [5.41, 5.74) is 11.8. The Labute approximate surface area is 188 Å². The van der Waals surface area contributed by atoms with Crippen molar-refractivity contribution >= 4 is 23.7 Å². The summed E-state index contributed by atoms with van der Waals surface area (Å²) in [6, 6.07) is 4.67. The minimum atomic E-state index is -1.01. The van der Waals surface area contributed by atoms with Gasteiger partial charge in [-0.1, -0.05) is 23.4 Å². The number of methoxy groups -OCH3 is 1. The molecule has 5 N–H and O–H groups in total. The van der Waals surface area contributed by atoms with Crippen molar-refractivity contribution in [1.82, 2.24) is 9.97 Å². The van der Waals surface area contributed by atoms with Gasteiger partial charge in [0.25, 0.3) is 0 Å². The van der Waals surface area contributed by atoms with Gasteiger partial charge in [0.2, 0.25) is 5.95 Å². The molecule has 13 heteroatoms. The van der Waals surface area contributed by atoms with Crippen LogP contribution in [0, 0.1) is 5.82 Å². The molecule has 1 atom stereocenters. The molecule has 1 fully saturated rings. The molecule has 1 aliphatic heterocycles. The molecule has 0 saturated carbocycles. The van der Waals surface area contributed by atoms with Crippen molar-refractivity contribution in [2.75, 3.05) is 38.3 Å². The fraction of sp³-hybridized carbons (Fsp3) is 0.350. The van der Waals surface area contributed by atoms with Crippen molar-refractivity contribution in [2.24, 2.45) is 21.6 Å². The Hall–Kier alpha value is -3.84. The van der Waals surface area contributed by atoms with Crippen molar-refractivity contribution in [3.05, 3.63) is 42.0 Å². The van der Waals surface area contributed by atoms with Crippen molar-refractivity contribution < 1.29 is 28.6 Å². The first-order chi connectivity index (χ1) is 15.9. The predicted octanol–water partition coefficient (Wildman–Crippen LogP) is 0.393. The van der Waals surface area contributed by atoms with Gasteiger partial charge in [-0.05, 0) is 0 Å². The number of hydrogen-bond donors (Lipinski definition) is 3. The SMILES string of the molecule is COCC(O)CON=C1CN(c2ncc(-c3cccc(COC(=O)N=C(N)N)c3F)cn2)C1. The van der Waals surface area contributed by atoms with Crippen LogP contribution in [0.4, 0.5) is 15.1 Å². The number of halogens is 1. The summed E-state index contributed by atoms with van der Waals surface area (Å²) in [4.78, 5) is 30.1. The third-order valence-electron chi connectivity index (χ3n) is 4.45. The highest BCUT2D eigenvalue weighted by Gasteiger charge is 2.25. The molecule has 2 aromatic rings. The Kier molecular flexibility index (Phi) is 8.05. The molecule has 0 bridgehead atoms. The van der Waals surface area contributed by atoms with Crippen LogP contribution in [0.3, 0.4) is 0 Å². The number of carbonyl (C=O) groups is 1. The largest absolute Gasteiger partial charge is 0.443 e. The van der Waals surface area contributed by atoms with Crippen LogP contribution in [0.25, 0.3) is 11.1 Å². The molecule has 12 nitrogen and oxygen atoms in total. The lowest BCUT2D eigenvalue weighted by molar-refractivity contribution is -0.00476. The second kappa shape index (κ2) is 11.2. The summed E-state index contributed by atoms with van der Waals surface area (Å²) in [5.74, 6) is -0.558. The number of nitrogens with zero attached hydrogens (tertiary/aromatic N) is 5. The molecule has 1 aromatic carbocycles. The van der Waals surface area contributed by atoms with E-state index in [0.29, 0.717) is 24.6 Å². The number of nitrogens with two attached hydrogens (primary N) is 2. The first-order valence-corrected chi connectivity index (χ1v) is 9.83. The molecule has 1 unspecified atom stereocenters. The molecule has 1 aliphatic rings. The second-order valence-corrected chi connectivity index (χ2v) is 7.06. The van der Waals surface area contributed by atoms with Gasteiger partial charge in [0.1, 0.15) is 25.1 Å². The van der Waals surface area contributed by atoms with Crippen LogP contribution in [-0.2, 0) is 20.9 Å². The van der Waals surface area contributed by atoms with Crippen molar-refractivity contribution in [3.8, 4) is 11.1 Å². The third kappa shape index (κ3) is 6.57. The van der Waals surface area contributed by atoms with Crippen LogP contribution < -0.4 is 16.4 Å². The molecule has 3 rings (SSSR count). The number of ether oxygens (including phenoxy) is 2. The first kappa shape index (κ1) is 23.8. The minimum absolute atomic E-state index is 0.0423. The zero-order valence-corrected chi connectivity index (χ0v) is 17.8. The lowest BCUT2D eigenvalue weighted by atomic mass is 10.1. The topological polar surface area (TPSA) is 171 Å². The third-order valence-corrected chi connectivity index (χ3v) is 4.45. The number of guanidine groups is 1. The van der Waals surface area contributed by atoms with Gasteiger partial charge in [-0.2, -0.15) is 0 Å². The number of anilines is 1. The number of aliphatic hydroxyl groups is 1. The summed E-state index contributed by atoms with van der Waals surface area (Å²) in [7, 11) is 1.49. The van der Waals surface area contributed by atoms with Crippen LogP contribution in [0.5, 0.6) is 0 Å². The number of benzene rings is 1. The zero-order valence-electron chi connectivity index (χ0n) is 17.8. The van der Waals surface area contributed by atoms with Gasteiger partial charge in [-0.25, -0.2) is 19.2 Å². The number of carbonyl (C=O) groups excluding carboxylic acids is 1. The summed E-state index contributed by atoms with van der Waals surface area (Å²) in [6.45, 7) is 0.828. The van der Waals surface area contributed by atoms with Crippen molar-refractivity contribution in [2.45, 2.75) is 12.7 Å². The fourth-order valence-corrected chi connectivity index (χ4v) is 2.86. The molecule has 1 amide bonds. The quantitative estimate of drug-likeness (QED) is 0.270. The van der Waals surface area contributed by atoms with Crippen LogP contribution in [-0.4, -0.2) is 72.4 Å². The number of rotatable bonds is 9. The zero-order chi connectivity index (χ0) is 23.8. The normalized spacial score (nSPS) is 13.7. The molecular formula is C20H24FN7O5. The Morgan fingerprint density at radius 3 is 2.67 bits per heavy atom. The highest BCUT2D eigenvalue weighted by molar-refractivity contribution is 5.98. The summed E-state index contributed by atoms with van der Waals surface area (Å²) >= 11 is 0. The maximum absolute atomic E-state index is 14.9. The molecule has 0 spiro atoms. The molecular weight excluding hydrogens is 437 g/mol. The number of aliphatic imine (C=N–C) groups is 1. The molecule has 0 aliphatic carbocycles. The lowest BCUT2D eigenvalue weighted by Gasteiger charge is -2.31. The molecule has 33 heavy (non-hydrogen) atoms. The average Bonchev–Trinajstić information content (AvgIpc) is 2.74. The first-order valence-electron chi connectivity index (χ1n) is 9.83. The molecule has 2 heterocycles. The van der Waals surface area contributed by atoms with Crippen LogP contribution in [0.15, 0.2) is 40.7 Å². The van der Waals surface area contributed by atoms with Gasteiger partial charge in [0, 0.05) is 36.2 Å². The predicted molar refractivity (Wildman–Crippen MR) is 117 cm³/mol. The maximum atomic E-state index is 14.9. The van der Waals surface area contributed by atoms with E-state index >= 15 is 0 Å². The number of amides is 1. The van der Waals surface area contributed by atoms with Gasteiger partial charge < -0.3 is 35.8 Å². The average molecular weight is 461 g/mol. The smallest absolute Gasteiger partial charge is 0.437 e. The van der Waals surface area contributed by atoms with E-state index < -0.39 is 24.0 Å². The minimum Gasteiger partial charge on any atom is -0.443 e. The van der Waals surface area contributed by atoms with Crippen molar-refractivity contribution in [3.63, 3.8) is 0 Å². The summed E-state index contributed by atoms with van der Waals surface area (Å²) in [5, 5.41) is 13.5. The van der Waals surface area contributed by atoms with Crippen LogP contribution >= 0.6 is 0 Å². The highest BCUT2D eigenvalue weighted by atomic mass is 19.1. The fourth-order valence-electron chi connectivity index (χ4n) is 2.86. The van der Waals surface area contributed by atoms with Gasteiger partial charge in [-0.15, -0.1) is 4.99 Å². The van der Waals surface area contributed by atoms with E-state index in [4.69, 9.17) is 25.8 Å². The number of aromatic nitrogens is 2. The molecule has 1 aromatic heterocycles. The monoisotopic (exact) mass is 461 g/mol. The van der Waals surface area contributed by atoms with Gasteiger partial charge >= 0.3 is 6.09 Å². The van der Waals surface area contributed by atoms with Crippen LogP contribution in [0.2, 0.25) is 0 Å². The van der Waals surface area contributed by atoms with E-state index in [2.05, 4.69) is 20.1 Å². The number of oxime groups is 1. The van der Waals surface area contributed by atoms with Gasteiger partial charge in [-0.3, -0.25) is 0 Å². The Morgan fingerprint density at radius 2 is 2.00 bits per heavy atom. The van der Waals surface area contributed by atoms with Crippen molar-refractivity contribution in [1.29, 1.82) is 0 Å². The van der Waals surface area contributed by atoms with E-state index in [1.54, 1.807) is 12.1 Å². The Bertz CT molecular complexity index is 1020. The highest BCUT2D eigenvalue weighted by Crippen LogP contribution is 2.26. The number of aliphatic hydroxyl groups excluding tert-OH is 1. The van der Waals surface area contributed by atoms with E-state index in [1.165, 1.54) is 25.6 Å². The second-order valence-electron chi connectivity index (χ2n) is 7.06. The number of hydrogen-bond acceptors (Lipinski definition) is 9. The van der Waals surface area contributed by atoms with E-state index in [1.807, 2.05) is 4.90 Å². The Morgan fingerprint density at radius 1 is 1.27 bits per heavy atom. The molecule has 1 saturated heterocycles. The summed E-state index contributed by atoms with van der Waals surface area (Å²) in [6.07, 6.45) is 1.25. The van der Waals surface area contributed by atoms with Crippen LogP contribution in [0.1, 0.15) is 5.56 Å². The molecule has 176 valence electrons. The maximum Gasteiger partial charge on any atom is 0.437 e. The van der Waals surface area contributed by atoms with E-state index in [-0.39, 0.29) is 30.9 Å². The van der Waals surface area contributed by atoms with Gasteiger partial charge in [0.05, 0.1) is 25.4 Å². The summed E-state index contributed by atoms with van der Waals surface area (Å²) < 4.78 is 24.5. The van der Waals surface area contributed by atoms with E-state index in [0.717, 1.165) is 5.71 Å². The standard InChI is InChI=1S/C20H24FN7O5/c1-31-10-15(29)11-33-27-14-7-28(8-14)19-24-5-13(6-25-19)16-4-2-3-12(17(16)21)9-32-20(30)26-18(22)23/h2-6,15,29H,7-11H2,1H3,(H4,22,23,26,30). The Balaban J connectivity index is 1.57. The molecule has 0 radical (unpaired) electrons. The van der Waals surface area contributed by atoms with E-state index in [9.17, 15) is 14.3 Å². The van der Waals surface area contributed by atoms with Gasteiger partial charge in [0.15, 0.2) is 5.96 Å². The lowest BCUT2D eigenvalue weighted by Crippen LogP contribution is -2.48.